The summed E-state index contributed by atoms with van der Waals surface area (Å²) in [4.78, 5) is 6.84. The first-order valence-electron chi connectivity index (χ1n) is 6.43. The predicted molar refractivity (Wildman–Crippen MR) is 71.4 cm³/mol. The molecule has 3 nitrogen and oxygen atoms in total. The molecule has 0 spiro atoms. The van der Waals surface area contributed by atoms with Crippen LogP contribution in [0.1, 0.15) is 32.1 Å². The quantitative estimate of drug-likeness (QED) is 0.834. The second-order valence-electron chi connectivity index (χ2n) is 5.17. The van der Waals surface area contributed by atoms with Gasteiger partial charge in [-0.3, -0.25) is 0 Å². The lowest BCUT2D eigenvalue weighted by molar-refractivity contribution is 0.360. The largest absolute Gasteiger partial charge is 0.397 e. The minimum atomic E-state index is 0.638. The average molecular weight is 252 g/mol. The van der Waals surface area contributed by atoms with Gasteiger partial charge in [0.1, 0.15) is 5.82 Å². The van der Waals surface area contributed by atoms with Gasteiger partial charge in [-0.15, -0.1) is 0 Å². The fourth-order valence-corrected chi connectivity index (χ4v) is 3.66. The molecule has 17 heavy (non-hydrogen) atoms. The van der Waals surface area contributed by atoms with Gasteiger partial charge in [-0.05, 0) is 37.7 Å². The molecule has 2 unspecified atom stereocenters. The van der Waals surface area contributed by atoms with Crippen LogP contribution in [0.15, 0.2) is 12.3 Å². The Morgan fingerprint density at radius 2 is 2.12 bits per heavy atom. The van der Waals surface area contributed by atoms with Crippen molar-refractivity contribution in [3.8, 4) is 0 Å². The molecule has 1 saturated carbocycles. The van der Waals surface area contributed by atoms with Crippen molar-refractivity contribution in [2.75, 3.05) is 17.2 Å². The Labute approximate surface area is 107 Å². The van der Waals surface area contributed by atoms with Crippen molar-refractivity contribution in [1.29, 1.82) is 0 Å². The molecular weight excluding hydrogens is 234 g/mol. The van der Waals surface area contributed by atoms with Gasteiger partial charge >= 0.3 is 0 Å². The van der Waals surface area contributed by atoms with Gasteiger partial charge in [0.25, 0.3) is 0 Å². The molecule has 1 aliphatic carbocycles. The van der Waals surface area contributed by atoms with Crippen LogP contribution in [0.3, 0.4) is 0 Å². The van der Waals surface area contributed by atoms with Crippen LogP contribution in [-0.2, 0) is 0 Å². The number of nitrogens with two attached hydrogens (primary N) is 1. The van der Waals surface area contributed by atoms with Gasteiger partial charge < -0.3 is 10.6 Å². The van der Waals surface area contributed by atoms with Crippen LogP contribution in [0, 0.1) is 5.92 Å². The predicted octanol–water partition coefficient (Wildman–Crippen LogP) is 3.09. The minimum absolute atomic E-state index is 0.638. The molecule has 1 aromatic heterocycles. The molecule has 0 aromatic carbocycles. The third-order valence-corrected chi connectivity index (χ3v) is 4.39. The fourth-order valence-electron chi connectivity index (χ4n) is 3.37. The van der Waals surface area contributed by atoms with Crippen molar-refractivity contribution in [2.24, 2.45) is 5.92 Å². The Kier molecular flexibility index (Phi) is 2.87. The van der Waals surface area contributed by atoms with E-state index in [4.69, 9.17) is 17.3 Å². The van der Waals surface area contributed by atoms with Crippen molar-refractivity contribution < 1.29 is 0 Å². The zero-order valence-electron chi connectivity index (χ0n) is 9.90. The molecule has 2 atom stereocenters. The molecule has 0 radical (unpaired) electrons. The topological polar surface area (TPSA) is 42.1 Å². The first-order chi connectivity index (χ1) is 8.25. The zero-order chi connectivity index (χ0) is 11.8. The number of anilines is 2. The van der Waals surface area contributed by atoms with Gasteiger partial charge in [0.15, 0.2) is 0 Å². The summed E-state index contributed by atoms with van der Waals surface area (Å²) < 4.78 is 0. The van der Waals surface area contributed by atoms with E-state index in [2.05, 4.69) is 9.88 Å². The zero-order valence-corrected chi connectivity index (χ0v) is 10.7. The number of pyridine rings is 1. The van der Waals surface area contributed by atoms with Crippen LogP contribution in [0.25, 0.3) is 0 Å². The van der Waals surface area contributed by atoms with Gasteiger partial charge in [-0.1, -0.05) is 18.0 Å². The molecule has 2 aliphatic rings. The summed E-state index contributed by atoms with van der Waals surface area (Å²) in [5, 5.41) is 0.692. The summed E-state index contributed by atoms with van der Waals surface area (Å²) in [7, 11) is 0. The molecule has 1 saturated heterocycles. The van der Waals surface area contributed by atoms with Gasteiger partial charge in [-0.2, -0.15) is 0 Å². The number of aromatic nitrogens is 1. The van der Waals surface area contributed by atoms with Crippen molar-refractivity contribution in [1.82, 2.24) is 4.98 Å². The van der Waals surface area contributed by atoms with Crippen LogP contribution < -0.4 is 10.6 Å². The van der Waals surface area contributed by atoms with Gasteiger partial charge in [0, 0.05) is 12.6 Å². The number of nitrogen functional groups attached to an aromatic ring is 1. The van der Waals surface area contributed by atoms with Crippen molar-refractivity contribution in [2.45, 2.75) is 38.1 Å². The molecule has 2 N–H and O–H groups in total. The first kappa shape index (κ1) is 11.1. The minimum Gasteiger partial charge on any atom is -0.397 e. The Morgan fingerprint density at radius 3 is 2.94 bits per heavy atom. The molecule has 92 valence electrons. The highest BCUT2D eigenvalue weighted by Gasteiger charge is 2.36. The molecule has 4 heteroatoms. The van der Waals surface area contributed by atoms with Gasteiger partial charge in [0.05, 0.1) is 16.9 Å². The summed E-state index contributed by atoms with van der Waals surface area (Å²) in [5.74, 6) is 1.77. The average Bonchev–Trinajstić information content (AvgIpc) is 2.77. The summed E-state index contributed by atoms with van der Waals surface area (Å²) in [6.07, 6.45) is 8.33. The van der Waals surface area contributed by atoms with E-state index in [1.165, 1.54) is 32.1 Å². The number of hydrogen-bond acceptors (Lipinski definition) is 3. The smallest absolute Gasteiger partial charge is 0.147 e. The van der Waals surface area contributed by atoms with E-state index in [-0.39, 0.29) is 0 Å². The second kappa shape index (κ2) is 4.37. The molecule has 1 aromatic rings. The van der Waals surface area contributed by atoms with Crippen LogP contribution in [0.5, 0.6) is 0 Å². The summed E-state index contributed by atoms with van der Waals surface area (Å²) in [6, 6.07) is 2.46. The van der Waals surface area contributed by atoms with Crippen molar-refractivity contribution in [3.63, 3.8) is 0 Å². The third-order valence-electron chi connectivity index (χ3n) is 4.11. The van der Waals surface area contributed by atoms with Crippen molar-refractivity contribution in [3.05, 3.63) is 17.3 Å². The number of nitrogens with zero attached hydrogens (tertiary/aromatic N) is 2. The Balaban J connectivity index is 1.91. The molecule has 0 bridgehead atoms. The lowest BCUT2D eigenvalue weighted by atomic mass is 9.92. The number of piperidine rings is 1. The maximum absolute atomic E-state index is 6.27. The van der Waals surface area contributed by atoms with Crippen molar-refractivity contribution >= 4 is 23.1 Å². The van der Waals surface area contributed by atoms with E-state index < -0.39 is 0 Å². The molecule has 0 amide bonds. The lowest BCUT2D eigenvalue weighted by Crippen LogP contribution is -2.43. The molecule has 2 fully saturated rings. The highest BCUT2D eigenvalue weighted by Crippen LogP contribution is 2.40. The maximum atomic E-state index is 6.27. The molecule has 2 heterocycles. The van der Waals surface area contributed by atoms with E-state index in [0.29, 0.717) is 16.8 Å². The third kappa shape index (κ3) is 1.97. The Bertz CT molecular complexity index is 421. The van der Waals surface area contributed by atoms with E-state index in [1.54, 1.807) is 6.20 Å². The molecule has 3 rings (SSSR count). The number of fused-ring (bicyclic) bond motifs is 1. The SMILES string of the molecule is Nc1cnc(N2CCCC3CCCC32)c(Cl)c1. The monoisotopic (exact) mass is 251 g/mol. The summed E-state index contributed by atoms with van der Waals surface area (Å²) in [6.45, 7) is 1.08. The van der Waals surface area contributed by atoms with E-state index in [1.807, 2.05) is 6.07 Å². The number of halogens is 1. The van der Waals surface area contributed by atoms with E-state index >= 15 is 0 Å². The van der Waals surface area contributed by atoms with Crippen LogP contribution >= 0.6 is 11.6 Å². The second-order valence-corrected chi connectivity index (χ2v) is 5.58. The highest BCUT2D eigenvalue weighted by atomic mass is 35.5. The maximum Gasteiger partial charge on any atom is 0.147 e. The fraction of sp³-hybridized carbons (Fsp3) is 0.615. The molecule has 1 aliphatic heterocycles. The Hall–Kier alpha value is -0.960. The summed E-state index contributed by atoms with van der Waals surface area (Å²) >= 11 is 6.27. The number of hydrogen-bond donors (Lipinski definition) is 1. The van der Waals surface area contributed by atoms with Crippen LogP contribution in [0.2, 0.25) is 5.02 Å². The summed E-state index contributed by atoms with van der Waals surface area (Å²) in [5.41, 5.74) is 6.34. The molecular formula is C13H18ClN3. The van der Waals surface area contributed by atoms with Crippen LogP contribution in [-0.4, -0.2) is 17.6 Å². The standard InChI is InChI=1S/C13H18ClN3/c14-11-7-10(15)8-16-13(11)17-6-2-4-9-3-1-5-12(9)17/h7-9,12H,1-6,15H2. The van der Waals surface area contributed by atoms with Gasteiger partial charge in [-0.25, -0.2) is 4.98 Å². The normalized spacial score (nSPS) is 28.2. The number of rotatable bonds is 1. The van der Waals surface area contributed by atoms with E-state index in [0.717, 1.165) is 18.3 Å². The van der Waals surface area contributed by atoms with E-state index in [9.17, 15) is 0 Å². The van der Waals surface area contributed by atoms with Crippen LogP contribution in [0.4, 0.5) is 11.5 Å². The van der Waals surface area contributed by atoms with Gasteiger partial charge in [0.2, 0.25) is 0 Å². The highest BCUT2D eigenvalue weighted by molar-refractivity contribution is 6.33. The first-order valence-corrected chi connectivity index (χ1v) is 6.81. The Morgan fingerprint density at radius 1 is 1.29 bits per heavy atom. The lowest BCUT2D eigenvalue weighted by Gasteiger charge is -2.39.